The number of nitrogens with zero attached hydrogens (tertiary/aromatic N) is 4. The van der Waals surface area contributed by atoms with Crippen LogP contribution in [0.4, 0.5) is 15.1 Å². The largest absolute Gasteiger partial charge is 0.477 e. The molecule has 2 aromatic rings. The minimum Gasteiger partial charge on any atom is -0.477 e. The van der Waals surface area contributed by atoms with Crippen molar-refractivity contribution in [2.75, 3.05) is 22.6 Å². The molecule has 0 bridgehead atoms. The van der Waals surface area contributed by atoms with Crippen LogP contribution in [0.2, 0.25) is 0 Å². The summed E-state index contributed by atoms with van der Waals surface area (Å²) < 4.78 is 5.84. The number of rotatable bonds is 9. The standard InChI is InChI=1S/C23H27N7O6S4/c1-5-6-11(12-9-38-20(25-12)27-21(35)36-23(2,3)4)15(31)26-13-16(32)30-14(18(33)34)10(7-37-17(13)30)8-39-22-29-28-19(24)40-22/h6,9,13,17H,5,7-8H2,1-4H3,(H2,24,28)(H,26,31)(H,33,34)(H,25,27,35)/t13-,17+/m1/s1. The average molecular weight is 626 g/mol. The van der Waals surface area contributed by atoms with Crippen LogP contribution in [0.15, 0.2) is 27.1 Å². The molecule has 4 rings (SSSR count). The fraction of sp³-hybridized carbons (Fsp3) is 0.435. The van der Waals surface area contributed by atoms with Crippen molar-refractivity contribution < 1.29 is 29.0 Å². The maximum Gasteiger partial charge on any atom is 0.413 e. The minimum absolute atomic E-state index is 0.0779. The third kappa shape index (κ3) is 6.76. The second-order valence-corrected chi connectivity index (χ2v) is 13.7. The van der Waals surface area contributed by atoms with E-state index in [2.05, 4.69) is 25.8 Å². The molecule has 2 atom stereocenters. The highest BCUT2D eigenvalue weighted by molar-refractivity contribution is 8.01. The maximum absolute atomic E-state index is 13.3. The molecule has 3 amide bonds. The number of nitrogens with one attached hydrogen (secondary N) is 2. The molecule has 0 unspecified atom stereocenters. The predicted octanol–water partition coefficient (Wildman–Crippen LogP) is 3.25. The number of aliphatic carboxylic acids is 1. The first-order chi connectivity index (χ1) is 18.9. The van der Waals surface area contributed by atoms with Gasteiger partial charge < -0.3 is 20.9 Å². The number of β-lactam (4-membered cyclic amide) rings is 1. The van der Waals surface area contributed by atoms with Crippen LogP contribution in [0.3, 0.4) is 0 Å². The van der Waals surface area contributed by atoms with E-state index in [1.165, 1.54) is 39.8 Å². The van der Waals surface area contributed by atoms with Gasteiger partial charge in [-0.15, -0.1) is 33.3 Å². The first kappa shape index (κ1) is 29.8. The molecule has 4 heterocycles. The summed E-state index contributed by atoms with van der Waals surface area (Å²) in [5.74, 6) is -1.57. The number of hydrogen-bond donors (Lipinski definition) is 4. The van der Waals surface area contributed by atoms with E-state index in [1.54, 1.807) is 32.2 Å². The quantitative estimate of drug-likeness (QED) is 0.181. The number of nitrogen functional groups attached to an aromatic ring is 1. The van der Waals surface area contributed by atoms with Gasteiger partial charge in [0.2, 0.25) is 5.13 Å². The third-order valence-electron chi connectivity index (χ3n) is 5.37. The summed E-state index contributed by atoms with van der Waals surface area (Å²) in [6.07, 6.45) is 1.53. The summed E-state index contributed by atoms with van der Waals surface area (Å²) in [5, 5.41) is 24.5. The molecule has 2 aliphatic rings. The minimum atomic E-state index is -1.21. The van der Waals surface area contributed by atoms with Crippen LogP contribution >= 0.6 is 46.2 Å². The van der Waals surface area contributed by atoms with Gasteiger partial charge in [0.15, 0.2) is 9.47 Å². The number of carboxylic acid groups (broad SMARTS) is 1. The number of fused-ring (bicyclic) bond motifs is 1. The Morgan fingerprint density at radius 1 is 1.32 bits per heavy atom. The van der Waals surface area contributed by atoms with E-state index >= 15 is 0 Å². The molecular weight excluding hydrogens is 599 g/mol. The number of amides is 3. The Bertz CT molecular complexity index is 1400. The average Bonchev–Trinajstić information content (AvgIpc) is 3.50. The Labute approximate surface area is 246 Å². The SMILES string of the molecule is CCC=C(C(=O)N[C@@H]1C(=O)N2C(C(=O)O)=C(CSc3nnc(N)s3)CS[C@@H]12)c1csc(NC(=O)OC(C)(C)C)n1. The van der Waals surface area contributed by atoms with Crippen molar-refractivity contribution in [3.63, 3.8) is 0 Å². The summed E-state index contributed by atoms with van der Waals surface area (Å²) >= 11 is 5.00. The van der Waals surface area contributed by atoms with Crippen molar-refractivity contribution in [3.8, 4) is 0 Å². The number of allylic oxidation sites excluding steroid dienone is 1. The molecule has 13 nitrogen and oxygen atoms in total. The van der Waals surface area contributed by atoms with Gasteiger partial charge in [0.1, 0.15) is 22.7 Å². The Morgan fingerprint density at radius 2 is 2.08 bits per heavy atom. The number of anilines is 2. The van der Waals surface area contributed by atoms with Crippen LogP contribution in [-0.2, 0) is 19.1 Å². The zero-order chi connectivity index (χ0) is 29.2. The van der Waals surface area contributed by atoms with Crippen LogP contribution in [0.1, 0.15) is 39.8 Å². The van der Waals surface area contributed by atoms with Gasteiger partial charge in [-0.05, 0) is 32.8 Å². The fourth-order valence-corrected chi connectivity index (χ4v) is 7.62. The smallest absolute Gasteiger partial charge is 0.413 e. The van der Waals surface area contributed by atoms with E-state index in [4.69, 9.17) is 10.5 Å². The second kappa shape index (κ2) is 12.2. The topological polar surface area (TPSA) is 190 Å². The molecule has 0 aromatic carbocycles. The van der Waals surface area contributed by atoms with Gasteiger partial charge in [-0.25, -0.2) is 14.6 Å². The van der Waals surface area contributed by atoms with Gasteiger partial charge in [-0.2, -0.15) is 0 Å². The molecule has 0 radical (unpaired) electrons. The molecule has 2 aliphatic heterocycles. The van der Waals surface area contributed by atoms with E-state index in [1.807, 2.05) is 6.92 Å². The molecule has 1 fully saturated rings. The molecule has 1 saturated heterocycles. The van der Waals surface area contributed by atoms with Crippen LogP contribution in [-0.4, -0.2) is 77.6 Å². The molecule has 0 aliphatic carbocycles. The fourth-order valence-electron chi connectivity index (χ4n) is 3.80. The first-order valence-electron chi connectivity index (χ1n) is 12.0. The Hall–Kier alpha value is -3.15. The zero-order valence-corrected chi connectivity index (χ0v) is 25.2. The van der Waals surface area contributed by atoms with Crippen molar-refractivity contribution in [1.29, 1.82) is 0 Å². The van der Waals surface area contributed by atoms with Crippen LogP contribution in [0.5, 0.6) is 0 Å². The molecular formula is C23H27N7O6S4. The van der Waals surface area contributed by atoms with Gasteiger partial charge in [0.25, 0.3) is 11.8 Å². The Kier molecular flexibility index (Phi) is 9.06. The molecule has 214 valence electrons. The van der Waals surface area contributed by atoms with Gasteiger partial charge in [0.05, 0.1) is 11.3 Å². The number of thiazole rings is 1. The number of nitrogens with two attached hydrogens (primary N) is 1. The Balaban J connectivity index is 1.44. The molecule has 5 N–H and O–H groups in total. The predicted molar refractivity (Wildman–Crippen MR) is 155 cm³/mol. The number of aromatic nitrogens is 3. The van der Waals surface area contributed by atoms with Crippen molar-refractivity contribution in [2.24, 2.45) is 0 Å². The number of ether oxygens (including phenoxy) is 1. The lowest BCUT2D eigenvalue weighted by molar-refractivity contribution is -0.150. The monoisotopic (exact) mass is 625 g/mol. The van der Waals surface area contributed by atoms with Crippen LogP contribution in [0.25, 0.3) is 5.57 Å². The molecule has 0 spiro atoms. The molecule has 0 saturated carbocycles. The zero-order valence-electron chi connectivity index (χ0n) is 21.9. The van der Waals surface area contributed by atoms with Gasteiger partial charge in [0, 0.05) is 16.9 Å². The van der Waals surface area contributed by atoms with Crippen LogP contribution < -0.4 is 16.4 Å². The van der Waals surface area contributed by atoms with Crippen molar-refractivity contribution in [1.82, 2.24) is 25.4 Å². The van der Waals surface area contributed by atoms with E-state index in [-0.39, 0.29) is 16.4 Å². The summed E-state index contributed by atoms with van der Waals surface area (Å²) in [7, 11) is 0. The van der Waals surface area contributed by atoms with E-state index in [9.17, 15) is 24.3 Å². The Morgan fingerprint density at radius 3 is 2.70 bits per heavy atom. The lowest BCUT2D eigenvalue weighted by Gasteiger charge is -2.49. The van der Waals surface area contributed by atoms with Crippen molar-refractivity contribution in [3.05, 3.63) is 28.4 Å². The summed E-state index contributed by atoms with van der Waals surface area (Å²) in [4.78, 5) is 56.1. The number of thioether (sulfide) groups is 2. The lowest BCUT2D eigenvalue weighted by Crippen LogP contribution is -2.70. The molecule has 2 aromatic heterocycles. The van der Waals surface area contributed by atoms with Gasteiger partial charge in [-0.3, -0.25) is 19.8 Å². The molecule has 17 heteroatoms. The number of carbonyl (C=O) groups excluding carboxylic acids is 3. The van der Waals surface area contributed by atoms with Crippen LogP contribution in [0, 0.1) is 0 Å². The lowest BCUT2D eigenvalue weighted by atomic mass is 10.0. The summed E-state index contributed by atoms with van der Waals surface area (Å²) in [6.45, 7) is 7.08. The van der Waals surface area contributed by atoms with E-state index < -0.39 is 40.9 Å². The third-order valence-corrected chi connectivity index (χ3v) is 9.44. The highest BCUT2D eigenvalue weighted by atomic mass is 32.2. The van der Waals surface area contributed by atoms with Gasteiger partial charge >= 0.3 is 12.1 Å². The maximum atomic E-state index is 13.3. The second-order valence-electron chi connectivity index (χ2n) is 9.50. The van der Waals surface area contributed by atoms with E-state index in [0.717, 1.165) is 11.3 Å². The summed E-state index contributed by atoms with van der Waals surface area (Å²) in [5.41, 5.74) is 6.00. The number of carbonyl (C=O) groups is 4. The number of carboxylic acids is 1. The summed E-state index contributed by atoms with van der Waals surface area (Å²) in [6, 6.07) is -0.901. The van der Waals surface area contributed by atoms with Crippen molar-refractivity contribution >= 4 is 85.9 Å². The highest BCUT2D eigenvalue weighted by Gasteiger charge is 2.54. The molecule has 40 heavy (non-hydrogen) atoms. The van der Waals surface area contributed by atoms with E-state index in [0.29, 0.717) is 38.7 Å². The van der Waals surface area contributed by atoms with Crippen molar-refractivity contribution in [2.45, 2.75) is 55.5 Å². The van der Waals surface area contributed by atoms with Gasteiger partial charge in [-0.1, -0.05) is 36.1 Å². The normalized spacial score (nSPS) is 19.1. The highest BCUT2D eigenvalue weighted by Crippen LogP contribution is 2.42. The number of hydrogen-bond acceptors (Lipinski definition) is 13. The first-order valence-corrected chi connectivity index (χ1v) is 15.7.